The Hall–Kier alpha value is -2.99. The first-order chi connectivity index (χ1) is 14.7. The molecule has 0 unspecified atom stereocenters. The van der Waals surface area contributed by atoms with E-state index in [9.17, 15) is 4.79 Å². The fourth-order valence-corrected chi connectivity index (χ4v) is 4.54. The van der Waals surface area contributed by atoms with E-state index in [2.05, 4.69) is 11.0 Å². The quantitative estimate of drug-likeness (QED) is 0.672. The van der Waals surface area contributed by atoms with E-state index in [4.69, 9.17) is 14.7 Å². The molecule has 0 radical (unpaired) electrons. The Bertz CT molecular complexity index is 1060. The Labute approximate surface area is 176 Å². The van der Waals surface area contributed by atoms with E-state index in [1.54, 1.807) is 0 Å². The maximum Gasteiger partial charge on any atom is 0.222 e. The van der Waals surface area contributed by atoms with E-state index in [-0.39, 0.29) is 17.9 Å². The van der Waals surface area contributed by atoms with Crippen molar-refractivity contribution in [1.29, 1.82) is 0 Å². The van der Waals surface area contributed by atoms with Crippen molar-refractivity contribution >= 4 is 22.6 Å². The molecular formula is C24H26N4O2. The van der Waals surface area contributed by atoms with Gasteiger partial charge in [0.1, 0.15) is 5.82 Å². The molecule has 1 amide bonds. The maximum absolute atomic E-state index is 12.6. The van der Waals surface area contributed by atoms with Gasteiger partial charge in [-0.2, -0.15) is 0 Å². The molecule has 0 N–H and O–H groups in total. The van der Waals surface area contributed by atoms with E-state index in [1.807, 2.05) is 60.4 Å². The van der Waals surface area contributed by atoms with Crippen LogP contribution in [-0.4, -0.2) is 59.7 Å². The van der Waals surface area contributed by atoms with Crippen molar-refractivity contribution < 1.29 is 9.53 Å². The average Bonchev–Trinajstić information content (AvgIpc) is 3.09. The van der Waals surface area contributed by atoms with Crippen LogP contribution in [0.5, 0.6) is 0 Å². The van der Waals surface area contributed by atoms with Gasteiger partial charge in [0.2, 0.25) is 5.91 Å². The molecule has 6 heteroatoms. The lowest BCUT2D eigenvalue weighted by molar-refractivity contribution is -0.133. The second kappa shape index (κ2) is 8.03. The third kappa shape index (κ3) is 3.52. The van der Waals surface area contributed by atoms with Crippen LogP contribution in [0, 0.1) is 5.92 Å². The molecule has 6 nitrogen and oxygen atoms in total. The fraction of sp³-hybridized carbons (Fsp3) is 0.375. The van der Waals surface area contributed by atoms with Crippen molar-refractivity contribution in [3.63, 3.8) is 0 Å². The zero-order valence-corrected chi connectivity index (χ0v) is 17.2. The summed E-state index contributed by atoms with van der Waals surface area (Å²) in [6.07, 6.45) is 0.526. The maximum atomic E-state index is 12.6. The number of ether oxygens (including phenoxy) is 1. The third-order valence-electron chi connectivity index (χ3n) is 6.01. The van der Waals surface area contributed by atoms with Crippen molar-refractivity contribution in [2.75, 3.05) is 37.7 Å². The number of aromatic nitrogens is 2. The Balaban J connectivity index is 1.59. The highest BCUT2D eigenvalue weighted by atomic mass is 16.5. The van der Waals surface area contributed by atoms with Crippen molar-refractivity contribution in [2.45, 2.75) is 19.4 Å². The van der Waals surface area contributed by atoms with E-state index < -0.39 is 0 Å². The highest BCUT2D eigenvalue weighted by Gasteiger charge is 2.36. The second-order valence-electron chi connectivity index (χ2n) is 8.12. The van der Waals surface area contributed by atoms with Crippen LogP contribution in [0.3, 0.4) is 0 Å². The molecule has 5 rings (SSSR count). The normalized spacial score (nSPS) is 21.5. The van der Waals surface area contributed by atoms with E-state index in [0.29, 0.717) is 19.6 Å². The van der Waals surface area contributed by atoms with Crippen LogP contribution in [0.4, 0.5) is 5.82 Å². The number of rotatable bonds is 3. The van der Waals surface area contributed by atoms with Crippen LogP contribution in [0.1, 0.15) is 13.3 Å². The van der Waals surface area contributed by atoms with Gasteiger partial charge in [-0.05, 0) is 12.1 Å². The Morgan fingerprint density at radius 1 is 1.00 bits per heavy atom. The third-order valence-corrected chi connectivity index (χ3v) is 6.01. The average molecular weight is 402 g/mol. The van der Waals surface area contributed by atoms with Crippen LogP contribution in [0.2, 0.25) is 0 Å². The van der Waals surface area contributed by atoms with Crippen LogP contribution < -0.4 is 4.90 Å². The van der Waals surface area contributed by atoms with Gasteiger partial charge in [0, 0.05) is 42.9 Å². The van der Waals surface area contributed by atoms with E-state index in [1.165, 1.54) is 0 Å². The predicted molar refractivity (Wildman–Crippen MR) is 117 cm³/mol. The summed E-state index contributed by atoms with van der Waals surface area (Å²) in [6.45, 7) is 5.47. The minimum absolute atomic E-state index is 0.0406. The second-order valence-corrected chi connectivity index (χ2v) is 8.12. The van der Waals surface area contributed by atoms with Crippen LogP contribution >= 0.6 is 0 Å². The molecule has 3 heterocycles. The first-order valence-electron chi connectivity index (χ1n) is 10.7. The van der Waals surface area contributed by atoms with Gasteiger partial charge < -0.3 is 14.5 Å². The van der Waals surface area contributed by atoms with Crippen LogP contribution in [-0.2, 0) is 9.53 Å². The molecule has 2 aliphatic heterocycles. The minimum Gasteiger partial charge on any atom is -0.379 e. The van der Waals surface area contributed by atoms with Crippen molar-refractivity contribution in [3.8, 4) is 11.4 Å². The number of carbonyl (C=O) groups excluding carboxylic acids is 1. The zero-order valence-electron chi connectivity index (χ0n) is 17.2. The van der Waals surface area contributed by atoms with Gasteiger partial charge in [-0.3, -0.25) is 4.79 Å². The Morgan fingerprint density at radius 2 is 1.80 bits per heavy atom. The summed E-state index contributed by atoms with van der Waals surface area (Å²) >= 11 is 0. The lowest BCUT2D eigenvalue weighted by Crippen LogP contribution is -2.46. The molecule has 2 aliphatic rings. The van der Waals surface area contributed by atoms with Crippen molar-refractivity contribution in [1.82, 2.24) is 14.9 Å². The molecule has 0 saturated carbocycles. The molecule has 0 aliphatic carbocycles. The molecule has 2 atom stereocenters. The summed E-state index contributed by atoms with van der Waals surface area (Å²) in [6, 6.07) is 18.3. The molecule has 3 aromatic rings. The van der Waals surface area contributed by atoms with Crippen LogP contribution in [0.25, 0.3) is 22.3 Å². The molecule has 30 heavy (non-hydrogen) atoms. The number of benzene rings is 2. The number of anilines is 1. The molecule has 154 valence electrons. The standard InChI is InChI=1S/C24H26N4O2/c1-2-22(29)28-13-17-12-27(14-19(28)16-30-15-17)24-20-10-6-7-11-21(20)25-23(26-24)18-8-4-3-5-9-18/h3-11,17,19H,2,12-16H2,1H3/t17-,19-/m0/s1. The largest absolute Gasteiger partial charge is 0.379 e. The van der Waals surface area contributed by atoms with Gasteiger partial charge in [-0.25, -0.2) is 9.97 Å². The fourth-order valence-electron chi connectivity index (χ4n) is 4.54. The molecule has 0 spiro atoms. The van der Waals surface area contributed by atoms with Gasteiger partial charge in [-0.15, -0.1) is 0 Å². The van der Waals surface area contributed by atoms with Gasteiger partial charge in [-0.1, -0.05) is 49.4 Å². The summed E-state index contributed by atoms with van der Waals surface area (Å²) in [5.41, 5.74) is 1.94. The van der Waals surface area contributed by atoms with Gasteiger partial charge in [0.25, 0.3) is 0 Å². The predicted octanol–water partition coefficient (Wildman–Crippen LogP) is 3.37. The SMILES string of the molecule is CCC(=O)N1C[C@H]2COC[C@@H]1CN(c1nc(-c3ccccc3)nc3ccccc13)C2. The van der Waals surface area contributed by atoms with Crippen LogP contribution in [0.15, 0.2) is 54.6 Å². The topological polar surface area (TPSA) is 58.6 Å². The highest BCUT2D eigenvalue weighted by Crippen LogP contribution is 2.31. The summed E-state index contributed by atoms with van der Waals surface area (Å²) in [5, 5.41) is 1.05. The van der Waals surface area contributed by atoms with Crippen molar-refractivity contribution in [2.24, 2.45) is 5.92 Å². The summed E-state index contributed by atoms with van der Waals surface area (Å²) in [7, 11) is 0. The number of nitrogens with zero attached hydrogens (tertiary/aromatic N) is 4. The summed E-state index contributed by atoms with van der Waals surface area (Å²) in [5.74, 6) is 2.15. The van der Waals surface area contributed by atoms with Gasteiger partial charge in [0.05, 0.1) is 24.8 Å². The first-order valence-corrected chi connectivity index (χ1v) is 10.7. The highest BCUT2D eigenvalue weighted by molar-refractivity contribution is 5.91. The molecule has 2 bridgehead atoms. The Kier molecular flexibility index (Phi) is 5.09. The lowest BCUT2D eigenvalue weighted by Gasteiger charge is -2.32. The molecule has 2 fully saturated rings. The number of para-hydroxylation sites is 1. The minimum atomic E-state index is 0.0406. The molecule has 2 saturated heterocycles. The van der Waals surface area contributed by atoms with E-state index >= 15 is 0 Å². The molecule has 2 aromatic carbocycles. The van der Waals surface area contributed by atoms with Gasteiger partial charge in [0.15, 0.2) is 5.82 Å². The summed E-state index contributed by atoms with van der Waals surface area (Å²) < 4.78 is 5.90. The number of hydrogen-bond donors (Lipinski definition) is 0. The zero-order chi connectivity index (χ0) is 20.5. The molecule has 1 aromatic heterocycles. The summed E-state index contributed by atoms with van der Waals surface area (Å²) in [4.78, 5) is 26.8. The smallest absolute Gasteiger partial charge is 0.222 e. The van der Waals surface area contributed by atoms with E-state index in [0.717, 1.165) is 47.7 Å². The lowest BCUT2D eigenvalue weighted by atomic mass is 10.1. The number of fused-ring (bicyclic) bond motifs is 4. The van der Waals surface area contributed by atoms with Crippen molar-refractivity contribution in [3.05, 3.63) is 54.6 Å². The molecular weight excluding hydrogens is 376 g/mol. The number of amides is 1. The monoisotopic (exact) mass is 402 g/mol. The first kappa shape index (κ1) is 19.0. The van der Waals surface area contributed by atoms with Gasteiger partial charge >= 0.3 is 0 Å². The Morgan fingerprint density at radius 3 is 2.63 bits per heavy atom. The number of hydrogen-bond acceptors (Lipinski definition) is 5. The number of carbonyl (C=O) groups is 1.